The molecule has 0 fully saturated rings. The maximum absolute atomic E-state index is 10.5. The van der Waals surface area contributed by atoms with E-state index >= 15 is 0 Å². The van der Waals surface area contributed by atoms with Gasteiger partial charge in [0.25, 0.3) is 0 Å². The van der Waals surface area contributed by atoms with Crippen molar-refractivity contribution in [2.45, 2.75) is 20.0 Å². The first-order valence-corrected chi connectivity index (χ1v) is 9.90. The summed E-state index contributed by atoms with van der Waals surface area (Å²) in [6.07, 6.45) is -0.505. The second kappa shape index (κ2) is 9.15. The summed E-state index contributed by atoms with van der Waals surface area (Å²) >= 11 is 0. The fourth-order valence-electron chi connectivity index (χ4n) is 3.57. The SMILES string of the molecule is CCN(CC)CC(O)CNc1c2cc(OC)c(OC)cc2nc2c(N)cccc12. The number of fused-ring (bicyclic) bond motifs is 2. The number of pyridine rings is 1. The summed E-state index contributed by atoms with van der Waals surface area (Å²) in [5.74, 6) is 1.23. The Hall–Kier alpha value is -2.77. The molecule has 4 N–H and O–H groups in total. The third-order valence-electron chi connectivity index (χ3n) is 5.22. The van der Waals surface area contributed by atoms with E-state index in [1.165, 1.54) is 0 Å². The quantitative estimate of drug-likeness (QED) is 0.377. The number of methoxy groups -OCH3 is 2. The van der Waals surface area contributed by atoms with Crippen LogP contribution in [0.3, 0.4) is 0 Å². The second-order valence-corrected chi connectivity index (χ2v) is 6.98. The lowest BCUT2D eigenvalue weighted by molar-refractivity contribution is 0.128. The molecule has 0 spiro atoms. The van der Waals surface area contributed by atoms with E-state index in [-0.39, 0.29) is 0 Å². The van der Waals surface area contributed by atoms with Crippen molar-refractivity contribution in [2.75, 3.05) is 51.4 Å². The van der Waals surface area contributed by atoms with E-state index in [9.17, 15) is 5.11 Å². The molecule has 0 saturated carbocycles. The van der Waals surface area contributed by atoms with Crippen LogP contribution in [0.25, 0.3) is 21.8 Å². The zero-order chi connectivity index (χ0) is 21.0. The topological polar surface area (TPSA) is 92.9 Å². The van der Waals surface area contributed by atoms with E-state index in [0.717, 1.165) is 35.1 Å². The van der Waals surface area contributed by atoms with Crippen LogP contribution in [0.1, 0.15) is 13.8 Å². The van der Waals surface area contributed by atoms with Gasteiger partial charge in [-0.15, -0.1) is 0 Å². The molecular formula is C22H30N4O3. The molecule has 3 rings (SSSR count). The van der Waals surface area contributed by atoms with E-state index in [2.05, 4.69) is 24.1 Å². The third-order valence-corrected chi connectivity index (χ3v) is 5.22. The first-order valence-electron chi connectivity index (χ1n) is 9.90. The molecular weight excluding hydrogens is 368 g/mol. The molecule has 0 aliphatic rings. The van der Waals surface area contributed by atoms with Crippen molar-refractivity contribution in [1.82, 2.24) is 9.88 Å². The summed E-state index contributed by atoms with van der Waals surface area (Å²) in [4.78, 5) is 6.95. The zero-order valence-corrected chi connectivity index (χ0v) is 17.5. The molecule has 1 aromatic heterocycles. The van der Waals surface area contributed by atoms with Gasteiger partial charge in [0, 0.05) is 29.9 Å². The van der Waals surface area contributed by atoms with Gasteiger partial charge in [-0.25, -0.2) is 4.98 Å². The number of aliphatic hydroxyl groups excluding tert-OH is 1. The van der Waals surface area contributed by atoms with Gasteiger partial charge in [0.2, 0.25) is 0 Å². The summed E-state index contributed by atoms with van der Waals surface area (Å²) in [6.45, 7) is 7.02. The number of nitrogen functional groups attached to an aromatic ring is 1. The Balaban J connectivity index is 2.07. The number of hydrogen-bond donors (Lipinski definition) is 3. The van der Waals surface area contributed by atoms with Crippen molar-refractivity contribution in [3.8, 4) is 11.5 Å². The van der Waals surface area contributed by atoms with E-state index in [1.54, 1.807) is 14.2 Å². The van der Waals surface area contributed by atoms with Crippen LogP contribution >= 0.6 is 0 Å². The van der Waals surface area contributed by atoms with Gasteiger partial charge in [-0.3, -0.25) is 0 Å². The summed E-state index contributed by atoms with van der Waals surface area (Å²) in [5, 5.41) is 15.8. The van der Waals surface area contributed by atoms with Crippen molar-refractivity contribution in [3.63, 3.8) is 0 Å². The molecule has 1 atom stereocenters. The molecule has 0 bridgehead atoms. The molecule has 29 heavy (non-hydrogen) atoms. The molecule has 0 aliphatic heterocycles. The Labute approximate surface area is 171 Å². The van der Waals surface area contributed by atoms with Crippen molar-refractivity contribution in [3.05, 3.63) is 30.3 Å². The Morgan fingerprint density at radius 2 is 1.79 bits per heavy atom. The van der Waals surface area contributed by atoms with Gasteiger partial charge in [-0.05, 0) is 25.2 Å². The van der Waals surface area contributed by atoms with Gasteiger partial charge in [0.15, 0.2) is 11.5 Å². The van der Waals surface area contributed by atoms with Crippen LogP contribution in [0, 0.1) is 0 Å². The Morgan fingerprint density at radius 1 is 1.10 bits per heavy atom. The lowest BCUT2D eigenvalue weighted by Gasteiger charge is -2.23. The van der Waals surface area contributed by atoms with Crippen molar-refractivity contribution >= 4 is 33.2 Å². The van der Waals surface area contributed by atoms with Crippen LogP contribution in [0.5, 0.6) is 11.5 Å². The summed E-state index contributed by atoms with van der Waals surface area (Å²) in [7, 11) is 3.21. The number of aliphatic hydroxyl groups is 1. The molecule has 0 aliphatic carbocycles. The summed E-state index contributed by atoms with van der Waals surface area (Å²) in [5.41, 5.74) is 9.13. The number of likely N-dealkylation sites (N-methyl/N-ethyl adjacent to an activating group) is 1. The van der Waals surface area contributed by atoms with E-state index in [1.807, 2.05) is 30.3 Å². The average molecular weight is 399 g/mol. The maximum atomic E-state index is 10.5. The minimum atomic E-state index is -0.505. The van der Waals surface area contributed by atoms with Crippen LogP contribution in [-0.4, -0.2) is 61.5 Å². The van der Waals surface area contributed by atoms with Gasteiger partial charge < -0.3 is 30.5 Å². The van der Waals surface area contributed by atoms with Crippen LogP contribution in [0.15, 0.2) is 30.3 Å². The number of nitrogens with one attached hydrogen (secondary N) is 1. The van der Waals surface area contributed by atoms with E-state index < -0.39 is 6.10 Å². The highest BCUT2D eigenvalue weighted by Crippen LogP contribution is 2.39. The van der Waals surface area contributed by atoms with Gasteiger partial charge >= 0.3 is 0 Å². The zero-order valence-electron chi connectivity index (χ0n) is 17.5. The fourth-order valence-corrected chi connectivity index (χ4v) is 3.57. The Bertz CT molecular complexity index is 989. The smallest absolute Gasteiger partial charge is 0.162 e. The van der Waals surface area contributed by atoms with Gasteiger partial charge in [-0.2, -0.15) is 0 Å². The average Bonchev–Trinajstić information content (AvgIpc) is 2.74. The predicted octanol–water partition coefficient (Wildman–Crippen LogP) is 3.10. The predicted molar refractivity (Wildman–Crippen MR) is 119 cm³/mol. The van der Waals surface area contributed by atoms with Crippen LogP contribution in [0.2, 0.25) is 0 Å². The van der Waals surface area contributed by atoms with Gasteiger partial charge in [0.05, 0.1) is 42.7 Å². The maximum Gasteiger partial charge on any atom is 0.162 e. The molecule has 0 saturated heterocycles. The first-order chi connectivity index (χ1) is 14.0. The minimum Gasteiger partial charge on any atom is -0.493 e. The number of rotatable bonds is 9. The Kier molecular flexibility index (Phi) is 6.61. The molecule has 3 aromatic rings. The normalized spacial score (nSPS) is 12.5. The minimum absolute atomic E-state index is 0.411. The lowest BCUT2D eigenvalue weighted by Crippen LogP contribution is -2.36. The van der Waals surface area contributed by atoms with E-state index in [0.29, 0.717) is 35.8 Å². The van der Waals surface area contributed by atoms with Gasteiger partial charge in [-0.1, -0.05) is 26.0 Å². The van der Waals surface area contributed by atoms with Crippen LogP contribution in [0.4, 0.5) is 11.4 Å². The highest BCUT2D eigenvalue weighted by atomic mass is 16.5. The monoisotopic (exact) mass is 398 g/mol. The molecule has 1 heterocycles. The number of benzene rings is 2. The Morgan fingerprint density at radius 3 is 2.45 bits per heavy atom. The number of anilines is 2. The van der Waals surface area contributed by atoms with Gasteiger partial charge in [0.1, 0.15) is 0 Å². The highest BCUT2D eigenvalue weighted by molar-refractivity contribution is 6.11. The lowest BCUT2D eigenvalue weighted by atomic mass is 10.1. The second-order valence-electron chi connectivity index (χ2n) is 6.98. The third kappa shape index (κ3) is 4.31. The first kappa shape index (κ1) is 21.0. The molecule has 0 radical (unpaired) electrons. The molecule has 7 nitrogen and oxygen atoms in total. The van der Waals surface area contributed by atoms with Crippen molar-refractivity contribution in [2.24, 2.45) is 0 Å². The summed E-state index contributed by atoms with van der Waals surface area (Å²) < 4.78 is 10.9. The molecule has 156 valence electrons. The number of para-hydroxylation sites is 1. The highest BCUT2D eigenvalue weighted by Gasteiger charge is 2.16. The molecule has 0 amide bonds. The number of aromatic nitrogens is 1. The molecule has 2 aromatic carbocycles. The number of nitrogens with two attached hydrogens (primary N) is 1. The molecule has 7 heteroatoms. The number of nitrogens with zero attached hydrogens (tertiary/aromatic N) is 2. The van der Waals surface area contributed by atoms with Crippen LogP contribution in [-0.2, 0) is 0 Å². The summed E-state index contributed by atoms with van der Waals surface area (Å²) in [6, 6.07) is 9.47. The van der Waals surface area contributed by atoms with Crippen molar-refractivity contribution < 1.29 is 14.6 Å². The molecule has 1 unspecified atom stereocenters. The number of ether oxygens (including phenoxy) is 2. The number of hydrogen-bond acceptors (Lipinski definition) is 7. The fraction of sp³-hybridized carbons (Fsp3) is 0.409. The standard InChI is InChI=1S/C22H30N4O3/c1-5-26(6-2)13-14(27)12-24-21-15-8-7-9-17(23)22(15)25-18-11-20(29-4)19(28-3)10-16(18)21/h7-11,14,27H,5-6,12-13,23H2,1-4H3,(H,24,25). The largest absolute Gasteiger partial charge is 0.493 e. The van der Waals surface area contributed by atoms with Crippen molar-refractivity contribution in [1.29, 1.82) is 0 Å². The van der Waals surface area contributed by atoms with E-state index in [4.69, 9.17) is 20.2 Å². The van der Waals surface area contributed by atoms with Crippen LogP contribution < -0.4 is 20.5 Å².